The quantitative estimate of drug-likeness (QED) is 0.756. The van der Waals surface area contributed by atoms with Gasteiger partial charge in [-0.25, -0.2) is 0 Å². The van der Waals surface area contributed by atoms with Gasteiger partial charge < -0.3 is 10.0 Å². The zero-order valence-electron chi connectivity index (χ0n) is 9.19. The third kappa shape index (κ3) is 1.13. The molecule has 1 atom stereocenters. The van der Waals surface area contributed by atoms with Gasteiger partial charge in [0.05, 0.1) is 0 Å². The molecule has 0 bridgehead atoms. The van der Waals surface area contributed by atoms with Crippen LogP contribution < -0.4 is 0 Å². The van der Waals surface area contributed by atoms with Crippen LogP contribution in [0.3, 0.4) is 0 Å². The maximum Gasteiger partial charge on any atom is 0.256 e. The van der Waals surface area contributed by atoms with E-state index in [1.54, 1.807) is 13.1 Å². The summed E-state index contributed by atoms with van der Waals surface area (Å²) in [6.45, 7) is 3.82. The Labute approximate surface area is 89.3 Å². The number of aliphatic hydroxyl groups is 1. The van der Waals surface area contributed by atoms with Gasteiger partial charge in [-0.2, -0.15) is 0 Å². The molecule has 3 heteroatoms. The molecule has 1 N–H and O–H groups in total. The van der Waals surface area contributed by atoms with Crippen molar-refractivity contribution >= 4 is 5.91 Å². The Hall–Kier alpha value is -1.35. The molecule has 1 aromatic rings. The Morgan fingerprint density at radius 1 is 1.33 bits per heavy atom. The molecule has 0 fully saturated rings. The Morgan fingerprint density at radius 3 is 2.53 bits per heavy atom. The van der Waals surface area contributed by atoms with Gasteiger partial charge in [-0.3, -0.25) is 4.79 Å². The fraction of sp³-hybridized carbons (Fsp3) is 0.417. The van der Waals surface area contributed by atoms with Gasteiger partial charge in [0.2, 0.25) is 0 Å². The molecule has 0 aliphatic carbocycles. The topological polar surface area (TPSA) is 40.5 Å². The Kier molecular flexibility index (Phi) is 2.08. The van der Waals surface area contributed by atoms with Crippen LogP contribution in [0, 0.1) is 5.92 Å². The number of nitrogens with zero attached hydrogens (tertiary/aromatic N) is 1. The lowest BCUT2D eigenvalue weighted by atomic mass is 9.91. The molecule has 2 rings (SSSR count). The molecule has 1 amide bonds. The summed E-state index contributed by atoms with van der Waals surface area (Å²) in [6.07, 6.45) is 0. The molecular weight excluding hydrogens is 190 g/mol. The van der Waals surface area contributed by atoms with Gasteiger partial charge in [-0.05, 0) is 6.07 Å². The summed E-state index contributed by atoms with van der Waals surface area (Å²) in [5.41, 5.74) is 0.164. The Bertz CT molecular complexity index is 414. The van der Waals surface area contributed by atoms with Crippen molar-refractivity contribution in [3.63, 3.8) is 0 Å². The van der Waals surface area contributed by atoms with Crippen LogP contribution in [0.5, 0.6) is 0 Å². The van der Waals surface area contributed by atoms with Crippen LogP contribution >= 0.6 is 0 Å². The van der Waals surface area contributed by atoms with Crippen molar-refractivity contribution in [2.45, 2.75) is 19.6 Å². The first-order valence-electron chi connectivity index (χ1n) is 5.09. The van der Waals surface area contributed by atoms with E-state index >= 15 is 0 Å². The summed E-state index contributed by atoms with van der Waals surface area (Å²) in [4.78, 5) is 13.3. The predicted octanol–water partition coefficient (Wildman–Crippen LogP) is 1.57. The van der Waals surface area contributed by atoms with E-state index in [0.29, 0.717) is 11.1 Å². The monoisotopic (exact) mass is 205 g/mol. The second-order valence-electron chi connectivity index (χ2n) is 4.29. The number of amides is 1. The van der Waals surface area contributed by atoms with E-state index in [0.717, 1.165) is 0 Å². The smallest absolute Gasteiger partial charge is 0.256 e. The van der Waals surface area contributed by atoms with Crippen LogP contribution in [-0.2, 0) is 5.72 Å². The van der Waals surface area contributed by atoms with E-state index < -0.39 is 5.72 Å². The molecule has 0 saturated carbocycles. The molecule has 80 valence electrons. The van der Waals surface area contributed by atoms with Gasteiger partial charge in [0.25, 0.3) is 5.91 Å². The highest BCUT2D eigenvalue weighted by atomic mass is 16.3. The number of benzene rings is 1. The van der Waals surface area contributed by atoms with E-state index in [1.807, 2.05) is 32.0 Å². The van der Waals surface area contributed by atoms with Gasteiger partial charge in [-0.15, -0.1) is 0 Å². The fourth-order valence-corrected chi connectivity index (χ4v) is 2.20. The highest BCUT2D eigenvalue weighted by Crippen LogP contribution is 2.40. The average Bonchev–Trinajstić information content (AvgIpc) is 2.43. The van der Waals surface area contributed by atoms with Crippen molar-refractivity contribution in [2.75, 3.05) is 7.05 Å². The van der Waals surface area contributed by atoms with Crippen LogP contribution in [-0.4, -0.2) is 23.0 Å². The van der Waals surface area contributed by atoms with Crippen LogP contribution in [0.4, 0.5) is 0 Å². The third-order valence-electron chi connectivity index (χ3n) is 3.17. The van der Waals surface area contributed by atoms with Gasteiger partial charge in [0, 0.05) is 24.1 Å². The van der Waals surface area contributed by atoms with Gasteiger partial charge >= 0.3 is 0 Å². The number of carbonyl (C=O) groups is 1. The number of carbonyl (C=O) groups excluding carboxylic acids is 1. The van der Waals surface area contributed by atoms with Crippen molar-refractivity contribution in [3.05, 3.63) is 35.4 Å². The maximum absolute atomic E-state index is 11.9. The molecule has 0 aromatic heterocycles. The van der Waals surface area contributed by atoms with E-state index in [1.165, 1.54) is 4.90 Å². The Morgan fingerprint density at radius 2 is 1.93 bits per heavy atom. The summed E-state index contributed by atoms with van der Waals surface area (Å²) in [5, 5.41) is 10.6. The summed E-state index contributed by atoms with van der Waals surface area (Å²) in [7, 11) is 1.64. The molecule has 0 spiro atoms. The SMILES string of the molecule is CC(C)C1(O)c2ccccc2C(=O)N1C. The third-order valence-corrected chi connectivity index (χ3v) is 3.17. The van der Waals surface area contributed by atoms with Crippen LogP contribution in [0.1, 0.15) is 29.8 Å². The average molecular weight is 205 g/mol. The lowest BCUT2D eigenvalue weighted by Gasteiger charge is -2.35. The molecule has 0 radical (unpaired) electrons. The van der Waals surface area contributed by atoms with Crippen LogP contribution in [0.25, 0.3) is 0 Å². The minimum atomic E-state index is -1.16. The molecule has 1 aromatic carbocycles. The second-order valence-corrected chi connectivity index (χ2v) is 4.29. The maximum atomic E-state index is 11.9. The van der Waals surface area contributed by atoms with Crippen molar-refractivity contribution in [3.8, 4) is 0 Å². The standard InChI is InChI=1S/C12H15NO2/c1-8(2)12(15)10-7-5-4-6-9(10)11(14)13(12)3/h4-8,15H,1-3H3. The normalized spacial score (nSPS) is 24.9. The van der Waals surface area contributed by atoms with Gasteiger partial charge in [-0.1, -0.05) is 32.0 Å². The molecule has 1 unspecified atom stereocenters. The summed E-state index contributed by atoms with van der Waals surface area (Å²) >= 11 is 0. The fourth-order valence-electron chi connectivity index (χ4n) is 2.20. The molecule has 15 heavy (non-hydrogen) atoms. The zero-order valence-corrected chi connectivity index (χ0v) is 9.19. The first kappa shape index (κ1) is 10.2. The molecule has 0 saturated heterocycles. The summed E-state index contributed by atoms with van der Waals surface area (Å²) < 4.78 is 0. The largest absolute Gasteiger partial charge is 0.366 e. The molecule has 1 heterocycles. The molecule has 1 aliphatic heterocycles. The lowest BCUT2D eigenvalue weighted by molar-refractivity contribution is -0.108. The minimum absolute atomic E-state index is 0.0323. The molecule has 3 nitrogen and oxygen atoms in total. The first-order chi connectivity index (χ1) is 6.99. The summed E-state index contributed by atoms with van der Waals surface area (Å²) in [6, 6.07) is 7.24. The number of hydrogen-bond acceptors (Lipinski definition) is 2. The minimum Gasteiger partial charge on any atom is -0.366 e. The second kappa shape index (κ2) is 3.07. The number of hydrogen-bond donors (Lipinski definition) is 1. The predicted molar refractivity (Wildman–Crippen MR) is 57.3 cm³/mol. The van der Waals surface area contributed by atoms with Crippen LogP contribution in [0.15, 0.2) is 24.3 Å². The lowest BCUT2D eigenvalue weighted by Crippen LogP contribution is -2.45. The molecular formula is C12H15NO2. The van der Waals surface area contributed by atoms with E-state index in [2.05, 4.69) is 0 Å². The van der Waals surface area contributed by atoms with E-state index in [9.17, 15) is 9.90 Å². The number of rotatable bonds is 1. The van der Waals surface area contributed by atoms with Crippen LogP contribution in [0.2, 0.25) is 0 Å². The van der Waals surface area contributed by atoms with E-state index in [4.69, 9.17) is 0 Å². The van der Waals surface area contributed by atoms with Crippen molar-refractivity contribution in [1.29, 1.82) is 0 Å². The van der Waals surface area contributed by atoms with Crippen molar-refractivity contribution in [1.82, 2.24) is 4.90 Å². The zero-order chi connectivity index (χ0) is 11.2. The van der Waals surface area contributed by atoms with Gasteiger partial charge in [0.1, 0.15) is 0 Å². The van der Waals surface area contributed by atoms with Crippen molar-refractivity contribution in [2.24, 2.45) is 5.92 Å². The number of fused-ring (bicyclic) bond motifs is 1. The van der Waals surface area contributed by atoms with Crippen molar-refractivity contribution < 1.29 is 9.90 Å². The highest BCUT2D eigenvalue weighted by molar-refractivity contribution is 5.99. The molecule has 1 aliphatic rings. The first-order valence-corrected chi connectivity index (χ1v) is 5.09. The van der Waals surface area contributed by atoms with Gasteiger partial charge in [0.15, 0.2) is 5.72 Å². The van der Waals surface area contributed by atoms with E-state index in [-0.39, 0.29) is 11.8 Å². The Balaban J connectivity index is 2.66. The summed E-state index contributed by atoms with van der Waals surface area (Å²) in [5.74, 6) is -0.142. The highest BCUT2D eigenvalue weighted by Gasteiger charge is 2.48.